The van der Waals surface area contributed by atoms with E-state index in [1.54, 1.807) is 6.20 Å². The topological polar surface area (TPSA) is 60.6 Å². The van der Waals surface area contributed by atoms with Crippen molar-refractivity contribution in [1.82, 2.24) is 15.0 Å². The first-order valence-electron chi connectivity index (χ1n) is 9.56. The third-order valence-electron chi connectivity index (χ3n) is 5.72. The Morgan fingerprint density at radius 2 is 2.19 bits per heavy atom. The third-order valence-corrected chi connectivity index (χ3v) is 5.72. The molecule has 2 aromatic rings. The number of aromatic nitrogens is 2. The van der Waals surface area contributed by atoms with Crippen molar-refractivity contribution in [2.45, 2.75) is 44.8 Å². The molecule has 2 fully saturated rings. The van der Waals surface area contributed by atoms with E-state index < -0.39 is 0 Å². The highest BCUT2D eigenvalue weighted by atomic mass is 16.5. The summed E-state index contributed by atoms with van der Waals surface area (Å²) in [7, 11) is 0. The van der Waals surface area contributed by atoms with Gasteiger partial charge in [-0.05, 0) is 44.6 Å². The van der Waals surface area contributed by atoms with Gasteiger partial charge in [-0.2, -0.15) is 0 Å². The largest absolute Gasteiger partial charge is 0.478 e. The van der Waals surface area contributed by atoms with Crippen LogP contribution in [-0.4, -0.2) is 46.9 Å². The van der Waals surface area contributed by atoms with E-state index in [4.69, 9.17) is 14.0 Å². The number of aryl methyl sites for hydroxylation is 1. The van der Waals surface area contributed by atoms with Crippen LogP contribution in [0.25, 0.3) is 0 Å². The van der Waals surface area contributed by atoms with Crippen molar-refractivity contribution < 1.29 is 14.0 Å². The summed E-state index contributed by atoms with van der Waals surface area (Å²) in [4.78, 5) is 6.67. The molecule has 0 bridgehead atoms. The van der Waals surface area contributed by atoms with Crippen LogP contribution < -0.4 is 4.74 Å². The molecule has 26 heavy (non-hydrogen) atoms. The van der Waals surface area contributed by atoms with Crippen molar-refractivity contribution >= 4 is 0 Å². The number of likely N-dealkylation sites (tertiary alicyclic amines) is 1. The second kappa shape index (κ2) is 7.76. The van der Waals surface area contributed by atoms with E-state index in [1.807, 2.05) is 31.2 Å². The summed E-state index contributed by atoms with van der Waals surface area (Å²) < 4.78 is 17.3. The number of ether oxygens (including phenoxy) is 2. The number of nitrogens with zero attached hydrogens (tertiary/aromatic N) is 3. The second-order valence-corrected chi connectivity index (χ2v) is 7.41. The Hall–Kier alpha value is -1.92. The molecule has 2 aromatic heterocycles. The molecule has 2 aliphatic rings. The summed E-state index contributed by atoms with van der Waals surface area (Å²) in [5.41, 5.74) is 1.05. The van der Waals surface area contributed by atoms with Gasteiger partial charge in [0.2, 0.25) is 5.88 Å². The van der Waals surface area contributed by atoms with Crippen molar-refractivity contribution in [3.05, 3.63) is 41.9 Å². The molecular weight excluding hydrogens is 330 g/mol. The lowest BCUT2D eigenvalue weighted by molar-refractivity contribution is -0.0711. The average Bonchev–Trinajstić information content (AvgIpc) is 3.25. The number of pyridine rings is 1. The molecule has 0 unspecified atom stereocenters. The van der Waals surface area contributed by atoms with Gasteiger partial charge in [0.1, 0.15) is 5.76 Å². The smallest absolute Gasteiger partial charge is 0.213 e. The number of hydrogen-bond acceptors (Lipinski definition) is 6. The van der Waals surface area contributed by atoms with E-state index in [2.05, 4.69) is 15.0 Å². The van der Waals surface area contributed by atoms with Crippen molar-refractivity contribution in [3.63, 3.8) is 0 Å². The molecule has 140 valence electrons. The molecule has 1 atom stereocenters. The third kappa shape index (κ3) is 3.91. The van der Waals surface area contributed by atoms with Gasteiger partial charge in [0.05, 0.1) is 17.9 Å². The minimum Gasteiger partial charge on any atom is -0.478 e. The first-order chi connectivity index (χ1) is 12.7. The van der Waals surface area contributed by atoms with Gasteiger partial charge in [-0.3, -0.25) is 4.90 Å². The highest BCUT2D eigenvalue weighted by Crippen LogP contribution is 2.42. The molecule has 2 saturated heterocycles. The number of piperidine rings is 1. The lowest BCUT2D eigenvalue weighted by Crippen LogP contribution is -2.47. The minimum atomic E-state index is 0.0315. The van der Waals surface area contributed by atoms with Crippen LogP contribution in [0.1, 0.15) is 37.1 Å². The first kappa shape index (κ1) is 17.5. The summed E-state index contributed by atoms with van der Waals surface area (Å²) >= 11 is 0. The molecule has 6 nitrogen and oxygen atoms in total. The van der Waals surface area contributed by atoms with Crippen LogP contribution in [0.4, 0.5) is 0 Å². The van der Waals surface area contributed by atoms with Crippen molar-refractivity contribution in [2.24, 2.45) is 5.92 Å². The summed E-state index contributed by atoms with van der Waals surface area (Å²) in [6, 6.07) is 7.79. The zero-order valence-electron chi connectivity index (χ0n) is 15.4. The van der Waals surface area contributed by atoms with Gasteiger partial charge >= 0.3 is 0 Å². The fourth-order valence-electron chi connectivity index (χ4n) is 4.29. The minimum absolute atomic E-state index is 0.0315. The van der Waals surface area contributed by atoms with Gasteiger partial charge in [-0.25, -0.2) is 4.98 Å². The normalized spacial score (nSPS) is 22.7. The monoisotopic (exact) mass is 357 g/mol. The van der Waals surface area contributed by atoms with Gasteiger partial charge in [-0.1, -0.05) is 11.2 Å². The maximum atomic E-state index is 6.27. The van der Waals surface area contributed by atoms with Gasteiger partial charge in [0, 0.05) is 44.6 Å². The molecular formula is C20H27N3O3. The molecule has 0 saturated carbocycles. The molecule has 0 aliphatic carbocycles. The van der Waals surface area contributed by atoms with Gasteiger partial charge in [0.25, 0.3) is 0 Å². The summed E-state index contributed by atoms with van der Waals surface area (Å²) in [5.74, 6) is 2.15. The Labute approximate surface area is 154 Å². The Balaban J connectivity index is 1.27. The van der Waals surface area contributed by atoms with Gasteiger partial charge < -0.3 is 14.0 Å². The standard InChI is InChI=1S/C20H27N3O3/c1-16-14-18(22-26-16)15-23-10-7-20(8-11-23)17(6-13-25-20)5-12-24-19-4-2-3-9-21-19/h2-4,9,14,17H,5-8,10-13,15H2,1H3/t17-/m0/s1. The quantitative estimate of drug-likeness (QED) is 0.791. The zero-order valence-corrected chi connectivity index (χ0v) is 15.4. The molecule has 0 aromatic carbocycles. The number of hydrogen-bond donors (Lipinski definition) is 0. The summed E-state index contributed by atoms with van der Waals surface area (Å²) in [5, 5.41) is 4.11. The Morgan fingerprint density at radius 3 is 2.92 bits per heavy atom. The van der Waals surface area contributed by atoms with E-state index in [0.717, 1.165) is 63.4 Å². The van der Waals surface area contributed by atoms with Crippen molar-refractivity contribution in [3.8, 4) is 5.88 Å². The maximum absolute atomic E-state index is 6.27. The maximum Gasteiger partial charge on any atom is 0.213 e. The second-order valence-electron chi connectivity index (χ2n) is 7.41. The molecule has 4 rings (SSSR count). The highest BCUT2D eigenvalue weighted by molar-refractivity contribution is 5.09. The van der Waals surface area contributed by atoms with Gasteiger partial charge in [-0.15, -0.1) is 0 Å². The fraction of sp³-hybridized carbons (Fsp3) is 0.600. The zero-order chi connectivity index (χ0) is 17.8. The molecule has 6 heteroatoms. The van der Waals surface area contributed by atoms with Gasteiger partial charge in [0.15, 0.2) is 0 Å². The molecule has 0 amide bonds. The van der Waals surface area contributed by atoms with Crippen molar-refractivity contribution in [2.75, 3.05) is 26.3 Å². The molecule has 4 heterocycles. The lowest BCUT2D eigenvalue weighted by Gasteiger charge is -2.42. The van der Waals surface area contributed by atoms with E-state index >= 15 is 0 Å². The summed E-state index contributed by atoms with van der Waals surface area (Å²) in [6.45, 7) is 6.46. The van der Waals surface area contributed by atoms with Crippen LogP contribution in [0.15, 0.2) is 35.0 Å². The molecule has 0 radical (unpaired) electrons. The average molecular weight is 357 g/mol. The van der Waals surface area contributed by atoms with Crippen molar-refractivity contribution in [1.29, 1.82) is 0 Å². The van der Waals surface area contributed by atoms with E-state index in [0.29, 0.717) is 18.4 Å². The van der Waals surface area contributed by atoms with Crippen LogP contribution in [0.2, 0.25) is 0 Å². The van der Waals surface area contributed by atoms with E-state index in [9.17, 15) is 0 Å². The highest BCUT2D eigenvalue weighted by Gasteiger charge is 2.45. The Kier molecular flexibility index (Phi) is 5.22. The SMILES string of the molecule is Cc1cc(CN2CCC3(CC2)OCC[C@@H]3CCOc2ccccn2)no1. The van der Waals surface area contributed by atoms with E-state index in [1.165, 1.54) is 0 Å². The number of rotatable bonds is 6. The molecule has 2 aliphatic heterocycles. The first-order valence-corrected chi connectivity index (χ1v) is 9.56. The molecule has 0 N–H and O–H groups in total. The van der Waals surface area contributed by atoms with Crippen LogP contribution in [0, 0.1) is 12.8 Å². The lowest BCUT2D eigenvalue weighted by atomic mass is 9.78. The summed E-state index contributed by atoms with van der Waals surface area (Å²) in [6.07, 6.45) is 6.09. The van der Waals surface area contributed by atoms with Crippen LogP contribution in [0.5, 0.6) is 5.88 Å². The predicted octanol–water partition coefficient (Wildman–Crippen LogP) is 3.22. The van der Waals surface area contributed by atoms with Crippen LogP contribution in [0.3, 0.4) is 0 Å². The Bertz CT molecular complexity index is 695. The fourth-order valence-corrected chi connectivity index (χ4v) is 4.29. The predicted molar refractivity (Wildman–Crippen MR) is 96.9 cm³/mol. The Morgan fingerprint density at radius 1 is 1.31 bits per heavy atom. The van der Waals surface area contributed by atoms with Crippen LogP contribution >= 0.6 is 0 Å². The van der Waals surface area contributed by atoms with E-state index in [-0.39, 0.29) is 5.60 Å². The van der Waals surface area contributed by atoms with Crippen LogP contribution in [-0.2, 0) is 11.3 Å². The molecule has 1 spiro atoms.